The van der Waals surface area contributed by atoms with E-state index in [0.717, 1.165) is 24.4 Å². The van der Waals surface area contributed by atoms with Gasteiger partial charge in [-0.25, -0.2) is 0 Å². The smallest absolute Gasteiger partial charge is 0.347 e. The van der Waals surface area contributed by atoms with Crippen LogP contribution in [-0.2, 0) is 15.0 Å². The second-order valence-corrected chi connectivity index (χ2v) is 7.36. The molecule has 0 saturated heterocycles. The van der Waals surface area contributed by atoms with Crippen LogP contribution < -0.4 is 4.90 Å². The van der Waals surface area contributed by atoms with Gasteiger partial charge < -0.3 is 4.90 Å². The van der Waals surface area contributed by atoms with E-state index in [-0.39, 0.29) is 0 Å². The highest BCUT2D eigenvalue weighted by atomic mass is 19.4. The van der Waals surface area contributed by atoms with Crippen molar-refractivity contribution in [2.24, 2.45) is 0 Å². The van der Waals surface area contributed by atoms with Crippen LogP contribution in [0.2, 0.25) is 0 Å². The van der Waals surface area contributed by atoms with Gasteiger partial charge in [0.1, 0.15) is 11.6 Å². The molecule has 0 saturated carbocycles. The lowest BCUT2D eigenvalue weighted by Gasteiger charge is -2.27. The lowest BCUT2D eigenvalue weighted by atomic mass is 9.83. The number of imide groups is 1. The summed E-state index contributed by atoms with van der Waals surface area (Å²) in [7, 11) is 2.84. The number of likely N-dealkylation sites (N-methyl/N-ethyl adjacent to an activating group) is 2. The van der Waals surface area contributed by atoms with Crippen molar-refractivity contribution in [3.8, 4) is 6.07 Å². The fourth-order valence-electron chi connectivity index (χ4n) is 3.81. The van der Waals surface area contributed by atoms with Crippen molar-refractivity contribution in [1.29, 1.82) is 5.26 Å². The van der Waals surface area contributed by atoms with Crippen molar-refractivity contribution < 1.29 is 22.8 Å². The molecule has 2 aliphatic rings. The molecule has 5 nitrogen and oxygen atoms in total. The summed E-state index contributed by atoms with van der Waals surface area (Å²) in [5.41, 5.74) is -1.25. The highest BCUT2D eigenvalue weighted by molar-refractivity contribution is 6.18. The second kappa shape index (κ2) is 6.62. The molecule has 0 aromatic heterocycles. The van der Waals surface area contributed by atoms with Crippen LogP contribution in [0, 0.1) is 11.3 Å². The molecular formula is C21H18F3N3O2. The normalized spacial score (nSPS) is 21.9. The number of allylic oxidation sites excluding steroid dienone is 3. The molecule has 0 bridgehead atoms. The molecule has 0 spiro atoms. The molecule has 1 aromatic carbocycles. The fourth-order valence-corrected chi connectivity index (χ4v) is 3.81. The van der Waals surface area contributed by atoms with Crippen molar-refractivity contribution in [2.75, 3.05) is 19.0 Å². The standard InChI is InChI=1S/C21H18F3N3O2/c1-20(2)14-7-5-6-8-15(14)26(3)16(20)10-9-12-17(21(22,23)24)13(11-25)19(29)27(4)18(12)28/h5-10H,1-4H3. The number of benzene rings is 1. The molecule has 2 aliphatic heterocycles. The monoisotopic (exact) mass is 401 g/mol. The van der Waals surface area contributed by atoms with Gasteiger partial charge in [0, 0.05) is 30.9 Å². The zero-order chi connectivity index (χ0) is 21.7. The number of rotatable bonds is 1. The summed E-state index contributed by atoms with van der Waals surface area (Å²) in [6, 6.07) is 8.88. The average molecular weight is 401 g/mol. The number of halogens is 3. The third kappa shape index (κ3) is 3.03. The quantitative estimate of drug-likeness (QED) is 0.533. The van der Waals surface area contributed by atoms with Crippen LogP contribution in [0.15, 0.2) is 58.8 Å². The van der Waals surface area contributed by atoms with Gasteiger partial charge in [-0.1, -0.05) is 32.0 Å². The van der Waals surface area contributed by atoms with Crippen molar-refractivity contribution in [3.63, 3.8) is 0 Å². The van der Waals surface area contributed by atoms with Gasteiger partial charge in [0.15, 0.2) is 0 Å². The zero-order valence-electron chi connectivity index (χ0n) is 16.3. The van der Waals surface area contributed by atoms with Crippen LogP contribution in [0.1, 0.15) is 19.4 Å². The lowest BCUT2D eigenvalue weighted by Crippen LogP contribution is -2.42. The summed E-state index contributed by atoms with van der Waals surface area (Å²) in [6.45, 7) is 3.86. The van der Waals surface area contributed by atoms with Gasteiger partial charge in [-0.3, -0.25) is 14.5 Å². The van der Waals surface area contributed by atoms with Crippen molar-refractivity contribution in [2.45, 2.75) is 25.4 Å². The Bertz CT molecular complexity index is 1060. The Kier molecular flexibility index (Phi) is 4.66. The molecule has 0 aliphatic carbocycles. The second-order valence-electron chi connectivity index (χ2n) is 7.36. The van der Waals surface area contributed by atoms with E-state index < -0.39 is 40.1 Å². The maximum Gasteiger partial charge on any atom is 0.418 e. The van der Waals surface area contributed by atoms with E-state index in [1.165, 1.54) is 12.1 Å². The van der Waals surface area contributed by atoms with E-state index in [2.05, 4.69) is 0 Å². The van der Waals surface area contributed by atoms with Gasteiger partial charge in [0.25, 0.3) is 11.8 Å². The topological polar surface area (TPSA) is 64.4 Å². The number of fused-ring (bicyclic) bond motifs is 1. The number of hydrogen-bond acceptors (Lipinski definition) is 4. The molecule has 2 heterocycles. The van der Waals surface area contributed by atoms with E-state index in [9.17, 15) is 22.8 Å². The molecule has 3 rings (SSSR count). The number of nitrogens with zero attached hydrogens (tertiary/aromatic N) is 3. The first-order valence-electron chi connectivity index (χ1n) is 8.73. The molecule has 150 valence electrons. The molecule has 0 atom stereocenters. The van der Waals surface area contributed by atoms with Crippen LogP contribution >= 0.6 is 0 Å². The molecule has 8 heteroatoms. The minimum absolute atomic E-state index is 0.512. The molecule has 0 radical (unpaired) electrons. The summed E-state index contributed by atoms with van der Waals surface area (Å²) < 4.78 is 40.9. The number of amides is 2. The highest BCUT2D eigenvalue weighted by Gasteiger charge is 2.48. The Morgan fingerprint density at radius 1 is 1.03 bits per heavy atom. The minimum Gasteiger partial charge on any atom is -0.347 e. The van der Waals surface area contributed by atoms with Gasteiger partial charge in [-0.15, -0.1) is 0 Å². The highest BCUT2D eigenvalue weighted by Crippen LogP contribution is 2.47. The first-order valence-corrected chi connectivity index (χ1v) is 8.73. The molecule has 29 heavy (non-hydrogen) atoms. The molecule has 2 amide bonds. The number of carbonyl (C=O) groups is 2. The molecule has 0 fully saturated rings. The Labute approximate surface area is 166 Å². The number of para-hydroxylation sites is 1. The number of nitriles is 1. The number of alkyl halides is 3. The van der Waals surface area contributed by atoms with Crippen LogP contribution in [0.5, 0.6) is 0 Å². The summed E-state index contributed by atoms with van der Waals surface area (Å²) in [5, 5.41) is 9.12. The Morgan fingerprint density at radius 2 is 1.66 bits per heavy atom. The Morgan fingerprint density at radius 3 is 2.21 bits per heavy atom. The third-order valence-electron chi connectivity index (χ3n) is 5.32. The van der Waals surface area contributed by atoms with Crippen LogP contribution in [0.4, 0.5) is 18.9 Å². The summed E-state index contributed by atoms with van der Waals surface area (Å²) in [4.78, 5) is 26.8. The van der Waals surface area contributed by atoms with E-state index in [0.29, 0.717) is 10.6 Å². The van der Waals surface area contributed by atoms with Crippen LogP contribution in [0.25, 0.3) is 0 Å². The van der Waals surface area contributed by atoms with Crippen molar-refractivity contribution in [1.82, 2.24) is 4.90 Å². The average Bonchev–Trinajstić information content (AvgIpc) is 2.84. The molecule has 1 aromatic rings. The summed E-state index contributed by atoms with van der Waals surface area (Å²) >= 11 is 0. The van der Waals surface area contributed by atoms with Gasteiger partial charge in [0.2, 0.25) is 0 Å². The van der Waals surface area contributed by atoms with Gasteiger partial charge in [-0.2, -0.15) is 18.4 Å². The van der Waals surface area contributed by atoms with Gasteiger partial charge in [0.05, 0.1) is 11.1 Å². The fraction of sp³-hybridized carbons (Fsp3) is 0.286. The predicted octanol–water partition coefficient (Wildman–Crippen LogP) is 3.61. The maximum absolute atomic E-state index is 13.6. The number of carbonyl (C=O) groups excluding carboxylic acids is 2. The van der Waals surface area contributed by atoms with Crippen LogP contribution in [0.3, 0.4) is 0 Å². The SMILES string of the molecule is CN1C(=O)C(=CC=C2N(C)c3ccccc3C2(C)C)C(C(F)(F)F)=C(C#N)C1=O. The van der Waals surface area contributed by atoms with Crippen LogP contribution in [-0.4, -0.2) is 37.0 Å². The number of hydrogen-bond donors (Lipinski definition) is 0. The summed E-state index contributed by atoms with van der Waals surface area (Å²) in [5.74, 6) is -2.37. The maximum atomic E-state index is 13.6. The van der Waals surface area contributed by atoms with E-state index in [1.54, 1.807) is 7.05 Å². The first-order chi connectivity index (χ1) is 13.4. The summed E-state index contributed by atoms with van der Waals surface area (Å²) in [6.07, 6.45) is -2.54. The predicted molar refractivity (Wildman–Crippen MR) is 101 cm³/mol. The Balaban J connectivity index is 2.21. The molecule has 0 unspecified atom stereocenters. The lowest BCUT2D eigenvalue weighted by molar-refractivity contribution is -0.141. The van der Waals surface area contributed by atoms with Crippen molar-refractivity contribution >= 4 is 17.5 Å². The number of anilines is 1. The Hall–Kier alpha value is -3.34. The van der Waals surface area contributed by atoms with E-state index in [4.69, 9.17) is 5.26 Å². The zero-order valence-corrected chi connectivity index (χ0v) is 16.3. The van der Waals surface area contributed by atoms with E-state index >= 15 is 0 Å². The molecule has 0 N–H and O–H groups in total. The van der Waals surface area contributed by atoms with Gasteiger partial charge >= 0.3 is 6.18 Å². The van der Waals surface area contributed by atoms with Crippen molar-refractivity contribution in [3.05, 3.63) is 64.4 Å². The third-order valence-corrected chi connectivity index (χ3v) is 5.32. The first kappa shape index (κ1) is 20.4. The minimum atomic E-state index is -5.03. The molecular weight excluding hydrogens is 383 g/mol. The van der Waals surface area contributed by atoms with E-state index in [1.807, 2.05) is 43.0 Å². The van der Waals surface area contributed by atoms with Gasteiger partial charge in [-0.05, 0) is 23.8 Å². The largest absolute Gasteiger partial charge is 0.418 e.